The first-order valence-electron chi connectivity index (χ1n) is 13.3. The Bertz CT molecular complexity index is 1130. The fourth-order valence-corrected chi connectivity index (χ4v) is 4.73. The summed E-state index contributed by atoms with van der Waals surface area (Å²) < 4.78 is 0. The maximum Gasteiger partial charge on any atom is 0.251 e. The fraction of sp³-hybridized carbons (Fsp3) is 0.355. The van der Waals surface area contributed by atoms with Crippen molar-refractivity contribution in [1.29, 1.82) is 0 Å². The van der Waals surface area contributed by atoms with Gasteiger partial charge in [0.25, 0.3) is 11.8 Å². The molecule has 6 N–H and O–H groups in total. The minimum atomic E-state index is -0.111. The lowest BCUT2D eigenvalue weighted by molar-refractivity contribution is 0.0943. The van der Waals surface area contributed by atoms with Gasteiger partial charge in [0.1, 0.15) is 0 Å². The smallest absolute Gasteiger partial charge is 0.251 e. The highest BCUT2D eigenvalue weighted by molar-refractivity contribution is 5.95. The van der Waals surface area contributed by atoms with E-state index in [0.717, 1.165) is 38.9 Å². The highest BCUT2D eigenvalue weighted by Gasteiger charge is 2.11. The Kier molecular flexibility index (Phi) is 11.6. The number of benzene rings is 3. The van der Waals surface area contributed by atoms with Crippen LogP contribution in [0.1, 0.15) is 59.7 Å². The molecule has 2 amide bonds. The molecule has 0 aliphatic carbocycles. The summed E-state index contributed by atoms with van der Waals surface area (Å²) >= 11 is 0. The van der Waals surface area contributed by atoms with Crippen molar-refractivity contribution in [3.8, 4) is 0 Å². The summed E-state index contributed by atoms with van der Waals surface area (Å²) in [6.07, 6.45) is 0. The first-order valence-corrected chi connectivity index (χ1v) is 13.3. The molecule has 8 heteroatoms. The minimum absolute atomic E-state index is 0.111. The van der Waals surface area contributed by atoms with E-state index in [4.69, 9.17) is 0 Å². The van der Waals surface area contributed by atoms with Crippen LogP contribution in [-0.4, -0.2) is 40.0 Å². The molecule has 0 saturated heterocycles. The topological polar surface area (TPSA) is 106 Å². The van der Waals surface area contributed by atoms with Crippen LogP contribution in [0, 0.1) is 6.92 Å². The van der Waals surface area contributed by atoms with Gasteiger partial charge in [-0.2, -0.15) is 0 Å². The quantitative estimate of drug-likeness (QED) is 0.192. The van der Waals surface area contributed by atoms with E-state index < -0.39 is 0 Å². The molecule has 39 heavy (non-hydrogen) atoms. The third-order valence-corrected chi connectivity index (χ3v) is 6.26. The second-order valence-corrected chi connectivity index (χ2v) is 9.89. The number of hydrogen-bond acceptors (Lipinski definition) is 6. The second-order valence-electron chi connectivity index (χ2n) is 9.89. The maximum absolute atomic E-state index is 13.0. The van der Waals surface area contributed by atoms with Gasteiger partial charge in [0.2, 0.25) is 0 Å². The van der Waals surface area contributed by atoms with Crippen LogP contribution in [0.2, 0.25) is 0 Å². The molecule has 8 nitrogen and oxygen atoms in total. The Morgan fingerprint density at radius 1 is 0.462 bits per heavy atom. The minimum Gasteiger partial charge on any atom is -0.348 e. The molecule has 0 unspecified atom stereocenters. The molecule has 208 valence electrons. The molecule has 0 bridgehead atoms. The number of hydrogen-bond donors (Lipinski definition) is 6. The molecule has 0 saturated carbocycles. The highest BCUT2D eigenvalue weighted by atomic mass is 16.2. The molecule has 0 aliphatic heterocycles. The standard InChI is InChI=1S/C31H42N6O2/c1-21-6-22(19-36-30(38)28-11-24(15-32-2)9-25(12-28)16-33-3)8-23(7-21)20-37-31(39)29-13-26(17-34-4)10-27(14-29)18-35-5/h6-14,32-35H,15-20H2,1-5H3,(H,36,38)(H,37,39). The molecule has 0 spiro atoms. The predicted molar refractivity (Wildman–Crippen MR) is 157 cm³/mol. The molecule has 0 heterocycles. The number of carbonyl (C=O) groups excluding carboxylic acids is 2. The molecule has 0 aliphatic rings. The van der Waals surface area contributed by atoms with Gasteiger partial charge in [-0.05, 0) is 92.8 Å². The van der Waals surface area contributed by atoms with Gasteiger partial charge in [-0.1, -0.05) is 35.9 Å². The van der Waals surface area contributed by atoms with Crippen LogP contribution in [0.15, 0.2) is 54.6 Å². The molecule has 0 radical (unpaired) electrons. The van der Waals surface area contributed by atoms with Crippen LogP contribution in [0.5, 0.6) is 0 Å². The van der Waals surface area contributed by atoms with Crippen molar-refractivity contribution in [2.75, 3.05) is 28.2 Å². The zero-order valence-corrected chi connectivity index (χ0v) is 23.8. The Hall–Kier alpha value is -3.56. The lowest BCUT2D eigenvalue weighted by atomic mass is 10.0. The molecule has 3 rings (SSSR count). The number of nitrogens with one attached hydrogen (secondary N) is 6. The summed E-state index contributed by atoms with van der Waals surface area (Å²) in [4.78, 5) is 26.0. The fourth-order valence-electron chi connectivity index (χ4n) is 4.73. The van der Waals surface area contributed by atoms with Crippen molar-refractivity contribution >= 4 is 11.8 Å². The lowest BCUT2D eigenvalue weighted by Crippen LogP contribution is -2.25. The van der Waals surface area contributed by atoms with Gasteiger partial charge in [-0.25, -0.2) is 0 Å². The van der Waals surface area contributed by atoms with Crippen molar-refractivity contribution in [3.05, 3.63) is 105 Å². The van der Waals surface area contributed by atoms with Gasteiger partial charge in [-0.3, -0.25) is 9.59 Å². The van der Waals surface area contributed by atoms with Crippen LogP contribution in [0.25, 0.3) is 0 Å². The average molecular weight is 531 g/mol. The average Bonchev–Trinajstić information content (AvgIpc) is 2.90. The predicted octanol–water partition coefficient (Wildman–Crippen LogP) is 2.73. The van der Waals surface area contributed by atoms with E-state index in [-0.39, 0.29) is 11.8 Å². The number of carbonyl (C=O) groups is 2. The number of aryl methyl sites for hydroxylation is 1. The summed E-state index contributed by atoms with van der Waals surface area (Å²) in [6, 6.07) is 18.0. The SMILES string of the molecule is CNCc1cc(CNC)cc(C(=O)NCc2cc(C)cc(CNC(=O)c3cc(CNC)cc(CNC)c3)c2)c1. The first-order chi connectivity index (χ1) is 18.8. The Morgan fingerprint density at radius 2 is 0.744 bits per heavy atom. The van der Waals surface area contributed by atoms with E-state index in [0.29, 0.717) is 50.4 Å². The maximum atomic E-state index is 13.0. The Labute approximate surface area is 232 Å². The van der Waals surface area contributed by atoms with Crippen molar-refractivity contribution in [2.45, 2.75) is 46.2 Å². The van der Waals surface area contributed by atoms with Crippen LogP contribution in [0.3, 0.4) is 0 Å². The zero-order chi connectivity index (χ0) is 28.2. The van der Waals surface area contributed by atoms with E-state index in [9.17, 15) is 9.59 Å². The Balaban J connectivity index is 1.67. The van der Waals surface area contributed by atoms with Gasteiger partial charge < -0.3 is 31.9 Å². The Morgan fingerprint density at radius 3 is 1.03 bits per heavy atom. The summed E-state index contributed by atoms with van der Waals surface area (Å²) in [5.41, 5.74) is 8.61. The largest absolute Gasteiger partial charge is 0.348 e. The van der Waals surface area contributed by atoms with Gasteiger partial charge in [0.15, 0.2) is 0 Å². The molecule has 3 aromatic carbocycles. The van der Waals surface area contributed by atoms with E-state index in [1.807, 2.05) is 65.4 Å². The van der Waals surface area contributed by atoms with Crippen molar-refractivity contribution < 1.29 is 9.59 Å². The van der Waals surface area contributed by atoms with Crippen molar-refractivity contribution in [1.82, 2.24) is 31.9 Å². The van der Waals surface area contributed by atoms with Crippen LogP contribution in [-0.2, 0) is 39.3 Å². The van der Waals surface area contributed by atoms with Crippen LogP contribution in [0.4, 0.5) is 0 Å². The van der Waals surface area contributed by atoms with Gasteiger partial charge in [0.05, 0.1) is 0 Å². The molecule has 0 fully saturated rings. The van der Waals surface area contributed by atoms with E-state index in [1.54, 1.807) is 0 Å². The summed E-state index contributed by atoms with van der Waals surface area (Å²) in [5, 5.41) is 18.7. The summed E-state index contributed by atoms with van der Waals surface area (Å²) in [7, 11) is 7.57. The van der Waals surface area contributed by atoms with E-state index in [1.165, 1.54) is 0 Å². The molecule has 3 aromatic rings. The van der Waals surface area contributed by atoms with Gasteiger partial charge in [-0.15, -0.1) is 0 Å². The molecule has 0 aromatic heterocycles. The van der Waals surface area contributed by atoms with Gasteiger partial charge >= 0.3 is 0 Å². The van der Waals surface area contributed by atoms with Crippen molar-refractivity contribution in [3.63, 3.8) is 0 Å². The monoisotopic (exact) mass is 530 g/mol. The summed E-state index contributed by atoms with van der Waals surface area (Å²) in [6.45, 7) is 5.61. The third-order valence-electron chi connectivity index (χ3n) is 6.26. The van der Waals surface area contributed by atoms with Crippen LogP contribution < -0.4 is 31.9 Å². The van der Waals surface area contributed by atoms with E-state index >= 15 is 0 Å². The van der Waals surface area contributed by atoms with Gasteiger partial charge in [0, 0.05) is 50.4 Å². The van der Waals surface area contributed by atoms with E-state index in [2.05, 4.69) is 56.2 Å². The second kappa shape index (κ2) is 15.1. The molecular formula is C31H42N6O2. The normalized spacial score (nSPS) is 10.9. The summed E-state index contributed by atoms with van der Waals surface area (Å²) in [5.74, 6) is -0.221. The zero-order valence-electron chi connectivity index (χ0n) is 23.8. The molecular weight excluding hydrogens is 488 g/mol. The first kappa shape index (κ1) is 30.0. The lowest BCUT2D eigenvalue weighted by Gasteiger charge is -2.13. The highest BCUT2D eigenvalue weighted by Crippen LogP contribution is 2.15. The third kappa shape index (κ3) is 9.30. The number of amides is 2. The molecule has 0 atom stereocenters. The van der Waals surface area contributed by atoms with Crippen molar-refractivity contribution in [2.24, 2.45) is 0 Å². The number of rotatable bonds is 14. The van der Waals surface area contributed by atoms with Crippen LogP contribution >= 0.6 is 0 Å².